The number of halogens is 2. The van der Waals surface area contributed by atoms with Gasteiger partial charge >= 0.3 is 0 Å². The Morgan fingerprint density at radius 1 is 1.33 bits per heavy atom. The molecule has 1 atom stereocenters. The lowest BCUT2D eigenvalue weighted by atomic mass is 9.92. The van der Waals surface area contributed by atoms with Crippen LogP contribution in [0.2, 0.25) is 5.02 Å². The number of carbonyl (C=O) groups is 1. The zero-order valence-electron chi connectivity index (χ0n) is 11.1. The number of benzene rings is 2. The summed E-state index contributed by atoms with van der Waals surface area (Å²) in [5, 5.41) is 9.78. The highest BCUT2D eigenvalue weighted by Crippen LogP contribution is 2.31. The molecular formula is C16H11BrClNO2. The molecule has 0 aromatic heterocycles. The molecule has 106 valence electrons. The molecule has 2 aromatic carbocycles. The first-order valence-corrected chi connectivity index (χ1v) is 7.27. The second-order valence-corrected chi connectivity index (χ2v) is 5.56. The number of nitriles is 1. The van der Waals surface area contributed by atoms with Gasteiger partial charge in [0.2, 0.25) is 0 Å². The molecular weight excluding hydrogens is 354 g/mol. The summed E-state index contributed by atoms with van der Waals surface area (Å²) in [4.78, 5) is 12.7. The van der Waals surface area contributed by atoms with Crippen molar-refractivity contribution in [2.24, 2.45) is 0 Å². The van der Waals surface area contributed by atoms with Crippen LogP contribution in [-0.2, 0) is 0 Å². The molecule has 0 amide bonds. The standard InChI is InChI=1S/C16H11BrClNO2/c1-21-10-6-7-14(17)12(8-10)16(20)13(9-19)11-4-2-3-5-15(11)18/h2-8,13H,1H3. The molecule has 3 nitrogen and oxygen atoms in total. The van der Waals surface area contributed by atoms with E-state index in [2.05, 4.69) is 15.9 Å². The highest BCUT2D eigenvalue weighted by molar-refractivity contribution is 9.10. The van der Waals surface area contributed by atoms with Gasteiger partial charge in [-0.25, -0.2) is 0 Å². The van der Waals surface area contributed by atoms with Gasteiger partial charge in [0, 0.05) is 15.1 Å². The summed E-state index contributed by atoms with van der Waals surface area (Å²) in [6, 6.07) is 13.9. The molecule has 0 aliphatic rings. The largest absolute Gasteiger partial charge is 0.497 e. The number of ketones is 1. The van der Waals surface area contributed by atoms with Crippen molar-refractivity contribution in [2.75, 3.05) is 7.11 Å². The van der Waals surface area contributed by atoms with Crippen molar-refractivity contribution in [1.29, 1.82) is 5.26 Å². The average Bonchev–Trinajstić information content (AvgIpc) is 2.50. The smallest absolute Gasteiger partial charge is 0.185 e. The van der Waals surface area contributed by atoms with Crippen LogP contribution in [0.4, 0.5) is 0 Å². The maximum Gasteiger partial charge on any atom is 0.185 e. The monoisotopic (exact) mass is 363 g/mol. The van der Waals surface area contributed by atoms with E-state index in [4.69, 9.17) is 16.3 Å². The van der Waals surface area contributed by atoms with Crippen molar-refractivity contribution in [3.05, 3.63) is 63.1 Å². The van der Waals surface area contributed by atoms with E-state index in [1.54, 1.807) is 42.5 Å². The predicted molar refractivity (Wildman–Crippen MR) is 84.8 cm³/mol. The first kappa shape index (κ1) is 15.6. The second-order valence-electron chi connectivity index (χ2n) is 4.29. The van der Waals surface area contributed by atoms with Gasteiger partial charge < -0.3 is 4.74 Å². The minimum Gasteiger partial charge on any atom is -0.497 e. The van der Waals surface area contributed by atoms with E-state index in [0.29, 0.717) is 26.4 Å². The van der Waals surface area contributed by atoms with E-state index in [1.807, 2.05) is 6.07 Å². The number of ether oxygens (including phenoxy) is 1. The van der Waals surface area contributed by atoms with Gasteiger partial charge in [0.25, 0.3) is 0 Å². The lowest BCUT2D eigenvalue weighted by molar-refractivity contribution is 0.0978. The van der Waals surface area contributed by atoms with Crippen LogP contribution in [-0.4, -0.2) is 12.9 Å². The Bertz CT molecular complexity index is 724. The zero-order valence-corrected chi connectivity index (χ0v) is 13.5. The van der Waals surface area contributed by atoms with Crippen molar-refractivity contribution in [3.8, 4) is 11.8 Å². The summed E-state index contributed by atoms with van der Waals surface area (Å²) in [5.41, 5.74) is 0.891. The molecule has 0 aliphatic heterocycles. The van der Waals surface area contributed by atoms with Gasteiger partial charge in [0.05, 0.1) is 13.2 Å². The average molecular weight is 365 g/mol. The van der Waals surface area contributed by atoms with Crippen molar-refractivity contribution in [1.82, 2.24) is 0 Å². The van der Waals surface area contributed by atoms with Gasteiger partial charge in [-0.3, -0.25) is 4.79 Å². The summed E-state index contributed by atoms with van der Waals surface area (Å²) in [7, 11) is 1.52. The SMILES string of the molecule is COc1ccc(Br)c(C(=O)C(C#N)c2ccccc2Cl)c1. The highest BCUT2D eigenvalue weighted by atomic mass is 79.9. The molecule has 0 heterocycles. The molecule has 5 heteroatoms. The van der Waals surface area contributed by atoms with Crippen LogP contribution in [0.25, 0.3) is 0 Å². The van der Waals surface area contributed by atoms with Gasteiger partial charge in [-0.2, -0.15) is 5.26 Å². The molecule has 0 saturated carbocycles. The van der Waals surface area contributed by atoms with E-state index in [-0.39, 0.29) is 5.78 Å². The van der Waals surface area contributed by atoms with Crippen LogP contribution in [0.1, 0.15) is 21.8 Å². The van der Waals surface area contributed by atoms with E-state index in [9.17, 15) is 10.1 Å². The number of hydrogen-bond acceptors (Lipinski definition) is 3. The van der Waals surface area contributed by atoms with Gasteiger partial charge in [-0.05, 0) is 29.8 Å². The Hall–Kier alpha value is -1.83. The third-order valence-electron chi connectivity index (χ3n) is 3.05. The third-order valence-corrected chi connectivity index (χ3v) is 4.08. The van der Waals surface area contributed by atoms with Gasteiger partial charge in [-0.1, -0.05) is 45.7 Å². The van der Waals surface area contributed by atoms with Crippen LogP contribution in [0.5, 0.6) is 5.75 Å². The molecule has 0 saturated heterocycles. The Balaban J connectivity index is 2.47. The lowest BCUT2D eigenvalue weighted by Gasteiger charge is -2.12. The fraction of sp³-hybridized carbons (Fsp3) is 0.125. The zero-order chi connectivity index (χ0) is 15.4. The molecule has 0 aliphatic carbocycles. The Labute approximate surface area is 136 Å². The highest BCUT2D eigenvalue weighted by Gasteiger charge is 2.25. The minimum absolute atomic E-state index is 0.323. The molecule has 1 unspecified atom stereocenters. The van der Waals surface area contributed by atoms with Gasteiger partial charge in [0.1, 0.15) is 11.7 Å². The minimum atomic E-state index is -0.956. The third kappa shape index (κ3) is 3.26. The van der Waals surface area contributed by atoms with Crippen LogP contribution < -0.4 is 4.74 Å². The van der Waals surface area contributed by atoms with Gasteiger partial charge in [-0.15, -0.1) is 0 Å². The number of nitrogens with zero attached hydrogens (tertiary/aromatic N) is 1. The Morgan fingerprint density at radius 3 is 2.67 bits per heavy atom. The van der Waals surface area contributed by atoms with Crippen molar-refractivity contribution in [2.45, 2.75) is 5.92 Å². The van der Waals surface area contributed by atoms with Crippen LogP contribution in [0, 0.1) is 11.3 Å². The van der Waals surface area contributed by atoms with Crippen LogP contribution in [0.3, 0.4) is 0 Å². The maximum absolute atomic E-state index is 12.7. The number of methoxy groups -OCH3 is 1. The van der Waals surface area contributed by atoms with Crippen LogP contribution in [0.15, 0.2) is 46.9 Å². The summed E-state index contributed by atoms with van der Waals surface area (Å²) >= 11 is 9.42. The van der Waals surface area contributed by atoms with Crippen molar-refractivity contribution in [3.63, 3.8) is 0 Å². The molecule has 21 heavy (non-hydrogen) atoms. The normalized spacial score (nSPS) is 11.5. The van der Waals surface area contributed by atoms with E-state index in [1.165, 1.54) is 7.11 Å². The quantitative estimate of drug-likeness (QED) is 0.745. The molecule has 0 spiro atoms. The van der Waals surface area contributed by atoms with Crippen LogP contribution >= 0.6 is 27.5 Å². The summed E-state index contributed by atoms with van der Waals surface area (Å²) in [5.74, 6) is -0.726. The molecule has 0 bridgehead atoms. The van der Waals surface area contributed by atoms with Crippen molar-refractivity contribution >= 4 is 33.3 Å². The fourth-order valence-electron chi connectivity index (χ4n) is 1.95. The van der Waals surface area contributed by atoms with Crippen molar-refractivity contribution < 1.29 is 9.53 Å². The summed E-state index contributed by atoms with van der Waals surface area (Å²) < 4.78 is 5.73. The Kier molecular flexibility index (Phi) is 5.00. The van der Waals surface area contributed by atoms with E-state index < -0.39 is 5.92 Å². The number of rotatable bonds is 4. The van der Waals surface area contributed by atoms with E-state index >= 15 is 0 Å². The molecule has 2 aromatic rings. The molecule has 2 rings (SSSR count). The number of Topliss-reactive ketones (excluding diaryl/α,β-unsaturated/α-hetero) is 1. The lowest BCUT2D eigenvalue weighted by Crippen LogP contribution is -2.12. The maximum atomic E-state index is 12.7. The number of carbonyl (C=O) groups excluding carboxylic acids is 1. The first-order valence-electron chi connectivity index (χ1n) is 6.10. The van der Waals surface area contributed by atoms with E-state index in [0.717, 1.165) is 0 Å². The van der Waals surface area contributed by atoms with Gasteiger partial charge in [0.15, 0.2) is 5.78 Å². The topological polar surface area (TPSA) is 50.1 Å². The number of hydrogen-bond donors (Lipinski definition) is 0. The summed E-state index contributed by atoms with van der Waals surface area (Å²) in [6.07, 6.45) is 0. The Morgan fingerprint density at radius 2 is 2.05 bits per heavy atom. The summed E-state index contributed by atoms with van der Waals surface area (Å²) in [6.45, 7) is 0. The molecule has 0 N–H and O–H groups in total. The molecule has 0 radical (unpaired) electrons. The first-order chi connectivity index (χ1) is 10.1. The second kappa shape index (κ2) is 6.75. The molecule has 0 fully saturated rings. The predicted octanol–water partition coefficient (Wildman–Crippen LogP) is 4.60. The fourth-order valence-corrected chi connectivity index (χ4v) is 2.64.